The minimum Gasteiger partial charge on any atom is -0.444 e. The van der Waals surface area contributed by atoms with Crippen LogP contribution in [0.4, 0.5) is 16.2 Å². The molecule has 0 bridgehead atoms. The van der Waals surface area contributed by atoms with Crippen molar-refractivity contribution in [2.75, 3.05) is 11.1 Å². The van der Waals surface area contributed by atoms with Gasteiger partial charge < -0.3 is 15.0 Å². The van der Waals surface area contributed by atoms with E-state index in [2.05, 4.69) is 38.8 Å². The maximum Gasteiger partial charge on any atom is 0.412 e. The lowest BCUT2D eigenvalue weighted by Crippen LogP contribution is -2.27. The average Bonchev–Trinajstić information content (AvgIpc) is 2.85. The monoisotopic (exact) mass is 429 g/mol. The summed E-state index contributed by atoms with van der Waals surface area (Å²) in [4.78, 5) is 11.9. The number of amides is 1. The van der Waals surface area contributed by atoms with Gasteiger partial charge in [-0.25, -0.2) is 4.79 Å². The number of nitrogens with two attached hydrogens (primary N) is 1. The number of rotatable bonds is 3. The van der Waals surface area contributed by atoms with Crippen molar-refractivity contribution in [2.24, 2.45) is 0 Å². The Morgan fingerprint density at radius 2 is 1.85 bits per heavy atom. The number of carbonyl (C=O) groups excluding carboxylic acids is 1. The highest BCUT2D eigenvalue weighted by Crippen LogP contribution is 2.37. The molecule has 0 saturated carbocycles. The van der Waals surface area contributed by atoms with Crippen molar-refractivity contribution >= 4 is 44.3 Å². The summed E-state index contributed by atoms with van der Waals surface area (Å²) in [5, 5.41) is 3.78. The molecule has 5 nitrogen and oxygen atoms in total. The van der Waals surface area contributed by atoms with Crippen molar-refractivity contribution in [3.05, 3.63) is 46.9 Å². The van der Waals surface area contributed by atoms with Gasteiger partial charge >= 0.3 is 6.09 Å². The Balaban J connectivity index is 1.94. The number of hydrogen-bond donors (Lipinski definition) is 2. The molecular weight excluding hydrogens is 406 g/mol. The number of hydrogen-bond acceptors (Lipinski definition) is 3. The first-order valence-electron chi connectivity index (χ1n) is 8.87. The van der Waals surface area contributed by atoms with Crippen LogP contribution in [-0.4, -0.2) is 16.3 Å². The van der Waals surface area contributed by atoms with Gasteiger partial charge in [0.1, 0.15) is 5.60 Å². The lowest BCUT2D eigenvalue weighted by atomic mass is 10.1. The first-order valence-corrected chi connectivity index (χ1v) is 9.66. The Morgan fingerprint density at radius 3 is 2.44 bits per heavy atom. The molecule has 0 aliphatic carbocycles. The number of ether oxygens (including phenoxy) is 1. The second-order valence-corrected chi connectivity index (χ2v) is 8.29. The topological polar surface area (TPSA) is 69.3 Å². The number of fused-ring (bicyclic) bond motifs is 1. The maximum atomic E-state index is 11.9. The van der Waals surface area contributed by atoms with E-state index in [0.717, 1.165) is 38.9 Å². The summed E-state index contributed by atoms with van der Waals surface area (Å²) in [6, 6.07) is 13.7. The van der Waals surface area contributed by atoms with Gasteiger partial charge in [0.2, 0.25) is 0 Å². The van der Waals surface area contributed by atoms with Crippen molar-refractivity contribution < 1.29 is 9.53 Å². The molecular formula is C21H24BrN3O2. The summed E-state index contributed by atoms with van der Waals surface area (Å²) in [5.41, 5.74) is 10.4. The molecule has 2 aromatic carbocycles. The zero-order valence-electron chi connectivity index (χ0n) is 16.0. The highest BCUT2D eigenvalue weighted by Gasteiger charge is 2.18. The molecule has 6 heteroatoms. The fourth-order valence-electron chi connectivity index (χ4n) is 3.12. The van der Waals surface area contributed by atoms with Crippen LogP contribution in [-0.2, 0) is 11.3 Å². The van der Waals surface area contributed by atoms with Gasteiger partial charge in [0, 0.05) is 27.7 Å². The van der Waals surface area contributed by atoms with Gasteiger partial charge in [0.15, 0.2) is 0 Å². The van der Waals surface area contributed by atoms with E-state index < -0.39 is 11.7 Å². The van der Waals surface area contributed by atoms with Gasteiger partial charge in [-0.05, 0) is 58.0 Å². The Labute approximate surface area is 167 Å². The van der Waals surface area contributed by atoms with Crippen molar-refractivity contribution in [1.82, 2.24) is 4.57 Å². The zero-order valence-corrected chi connectivity index (χ0v) is 17.6. The van der Waals surface area contributed by atoms with Crippen LogP contribution < -0.4 is 11.1 Å². The molecule has 1 aromatic heterocycles. The second-order valence-electron chi connectivity index (χ2n) is 7.37. The van der Waals surface area contributed by atoms with Gasteiger partial charge in [-0.1, -0.05) is 28.1 Å². The predicted molar refractivity (Wildman–Crippen MR) is 115 cm³/mol. The third-order valence-electron chi connectivity index (χ3n) is 4.19. The Kier molecular flexibility index (Phi) is 5.20. The summed E-state index contributed by atoms with van der Waals surface area (Å²) < 4.78 is 8.50. The number of anilines is 2. The Bertz CT molecular complexity index is 985. The van der Waals surface area contributed by atoms with E-state index in [1.54, 1.807) is 0 Å². The first kappa shape index (κ1) is 19.3. The molecule has 0 unspecified atom stereocenters. The highest BCUT2D eigenvalue weighted by atomic mass is 79.9. The molecule has 3 rings (SSSR count). The summed E-state index contributed by atoms with van der Waals surface area (Å²) >= 11 is 3.53. The molecule has 3 aromatic rings. The average molecular weight is 430 g/mol. The number of nitrogens with zero attached hydrogens (tertiary/aromatic N) is 1. The number of aryl methyl sites for hydroxylation is 1. The Morgan fingerprint density at radius 1 is 1.19 bits per heavy atom. The van der Waals surface area contributed by atoms with E-state index in [4.69, 9.17) is 10.5 Å². The van der Waals surface area contributed by atoms with E-state index in [1.807, 2.05) is 57.2 Å². The Hall–Kier alpha value is -2.47. The molecule has 1 amide bonds. The van der Waals surface area contributed by atoms with E-state index >= 15 is 0 Å². The largest absolute Gasteiger partial charge is 0.444 e. The van der Waals surface area contributed by atoms with Crippen LogP contribution in [0.25, 0.3) is 22.2 Å². The molecule has 0 radical (unpaired) electrons. The normalized spacial score (nSPS) is 11.6. The molecule has 142 valence electrons. The van der Waals surface area contributed by atoms with Crippen LogP contribution in [0.1, 0.15) is 27.7 Å². The molecule has 0 aliphatic heterocycles. The summed E-state index contributed by atoms with van der Waals surface area (Å²) in [5.74, 6) is 0. The van der Waals surface area contributed by atoms with Gasteiger partial charge in [-0.15, -0.1) is 0 Å². The van der Waals surface area contributed by atoms with Crippen molar-refractivity contribution in [3.8, 4) is 11.3 Å². The van der Waals surface area contributed by atoms with Crippen LogP contribution in [0.15, 0.2) is 46.9 Å². The van der Waals surface area contributed by atoms with Crippen molar-refractivity contribution in [1.29, 1.82) is 0 Å². The number of nitrogens with one attached hydrogen (secondary N) is 1. The van der Waals surface area contributed by atoms with Crippen LogP contribution in [0.2, 0.25) is 0 Å². The predicted octanol–water partition coefficient (Wildman–Crippen LogP) is 6.02. The molecule has 0 spiro atoms. The zero-order chi connectivity index (χ0) is 19.8. The summed E-state index contributed by atoms with van der Waals surface area (Å²) in [6.07, 6.45) is -0.470. The first-order chi connectivity index (χ1) is 12.7. The lowest BCUT2D eigenvalue weighted by molar-refractivity contribution is 0.0636. The van der Waals surface area contributed by atoms with Gasteiger partial charge in [0.05, 0.1) is 16.9 Å². The molecule has 1 heterocycles. The number of carbonyl (C=O) groups is 1. The number of halogens is 1. The van der Waals surface area contributed by atoms with Crippen LogP contribution in [0, 0.1) is 0 Å². The van der Waals surface area contributed by atoms with Crippen LogP contribution in [0.5, 0.6) is 0 Å². The smallest absolute Gasteiger partial charge is 0.412 e. The molecule has 0 aliphatic rings. The second kappa shape index (κ2) is 7.27. The number of aromatic nitrogens is 1. The number of benzene rings is 2. The van der Waals surface area contributed by atoms with Gasteiger partial charge in [-0.2, -0.15) is 0 Å². The minimum absolute atomic E-state index is 0.470. The minimum atomic E-state index is -0.533. The van der Waals surface area contributed by atoms with E-state index in [0.29, 0.717) is 5.69 Å². The number of nitrogen functional groups attached to an aromatic ring is 1. The van der Waals surface area contributed by atoms with E-state index in [9.17, 15) is 4.79 Å². The summed E-state index contributed by atoms with van der Waals surface area (Å²) in [6.45, 7) is 8.40. The lowest BCUT2D eigenvalue weighted by Gasteiger charge is -2.19. The third kappa shape index (κ3) is 4.11. The van der Waals surface area contributed by atoms with Crippen molar-refractivity contribution in [3.63, 3.8) is 0 Å². The summed E-state index contributed by atoms with van der Waals surface area (Å²) in [7, 11) is 0. The standard InChI is InChI=1S/C21H24BrN3O2/c1-5-25-17-12-14(22)8-11-16(17)18(23)19(25)13-6-9-15(10-7-13)24-20(26)27-21(2,3)4/h6-12H,5,23H2,1-4H3,(H,24,26). The highest BCUT2D eigenvalue weighted by molar-refractivity contribution is 9.10. The quantitative estimate of drug-likeness (QED) is 0.534. The fourth-order valence-corrected chi connectivity index (χ4v) is 3.47. The molecule has 0 saturated heterocycles. The fraction of sp³-hybridized carbons (Fsp3) is 0.286. The maximum absolute atomic E-state index is 11.9. The van der Waals surface area contributed by atoms with E-state index in [-0.39, 0.29) is 0 Å². The van der Waals surface area contributed by atoms with Crippen LogP contribution >= 0.6 is 15.9 Å². The molecule has 0 fully saturated rings. The molecule has 27 heavy (non-hydrogen) atoms. The third-order valence-corrected chi connectivity index (χ3v) is 4.68. The van der Waals surface area contributed by atoms with E-state index in [1.165, 1.54) is 0 Å². The van der Waals surface area contributed by atoms with Crippen molar-refractivity contribution in [2.45, 2.75) is 39.8 Å². The van der Waals surface area contributed by atoms with Crippen LogP contribution in [0.3, 0.4) is 0 Å². The van der Waals surface area contributed by atoms with Gasteiger partial charge in [-0.3, -0.25) is 5.32 Å². The SMILES string of the molecule is CCn1c(-c2ccc(NC(=O)OC(C)(C)C)cc2)c(N)c2ccc(Br)cc21. The molecule has 3 N–H and O–H groups in total. The van der Waals surface area contributed by atoms with Gasteiger partial charge in [0.25, 0.3) is 0 Å². The molecule has 0 atom stereocenters.